The predicted octanol–water partition coefficient (Wildman–Crippen LogP) is -0.415. The normalized spacial score (nSPS) is 11.0. The minimum absolute atomic E-state index is 0.872. The van der Waals surface area contributed by atoms with Crippen molar-refractivity contribution in [3.8, 4) is 0 Å². The summed E-state index contributed by atoms with van der Waals surface area (Å²) in [5.41, 5.74) is 0. The maximum absolute atomic E-state index is 4.83. The Morgan fingerprint density at radius 3 is 2.22 bits per heavy atom. The highest BCUT2D eigenvalue weighted by Gasteiger charge is 1.97. The van der Waals surface area contributed by atoms with Crippen LogP contribution in [0.25, 0.3) is 0 Å². The van der Waals surface area contributed by atoms with Gasteiger partial charge in [-0.15, -0.1) is 0 Å². The van der Waals surface area contributed by atoms with Crippen LogP contribution >= 0.6 is 0 Å². The van der Waals surface area contributed by atoms with E-state index in [1.165, 1.54) is 21.5 Å². The molecule has 0 spiro atoms. The first-order valence-electron chi connectivity index (χ1n) is 3.20. The second kappa shape index (κ2) is 6.22. The molecule has 9 heavy (non-hydrogen) atoms. The SMILES string of the molecule is CON(CCC[SiH3])OC. The van der Waals surface area contributed by atoms with Gasteiger partial charge in [0.1, 0.15) is 0 Å². The van der Waals surface area contributed by atoms with Crippen LogP contribution in [0.2, 0.25) is 6.04 Å². The van der Waals surface area contributed by atoms with Crippen molar-refractivity contribution in [1.82, 2.24) is 5.23 Å². The van der Waals surface area contributed by atoms with Crippen LogP contribution in [-0.2, 0) is 9.68 Å². The second-order valence-corrected chi connectivity index (χ2v) is 2.78. The van der Waals surface area contributed by atoms with E-state index in [4.69, 9.17) is 9.68 Å². The molecule has 0 rings (SSSR count). The fraction of sp³-hybridized carbons (Fsp3) is 1.00. The molecule has 0 aromatic carbocycles. The molecule has 0 aliphatic rings. The molecule has 0 saturated heterocycles. The Morgan fingerprint density at radius 1 is 1.33 bits per heavy atom. The molecule has 0 radical (unpaired) electrons. The Bertz CT molecular complexity index is 58.9. The number of nitrogens with zero attached hydrogens (tertiary/aromatic N) is 1. The number of hydrogen-bond donors (Lipinski definition) is 0. The van der Waals surface area contributed by atoms with Crippen molar-refractivity contribution in [2.45, 2.75) is 12.5 Å². The van der Waals surface area contributed by atoms with Crippen LogP contribution in [0, 0.1) is 0 Å². The van der Waals surface area contributed by atoms with Crippen molar-refractivity contribution in [2.24, 2.45) is 0 Å². The minimum Gasteiger partial charge on any atom is -0.278 e. The van der Waals surface area contributed by atoms with Gasteiger partial charge in [0, 0.05) is 10.2 Å². The zero-order valence-corrected chi connectivity index (χ0v) is 8.39. The Kier molecular flexibility index (Phi) is 6.29. The van der Waals surface area contributed by atoms with Gasteiger partial charge in [-0.2, -0.15) is 0 Å². The molecule has 0 amide bonds. The third-order valence-corrected chi connectivity index (χ3v) is 1.81. The van der Waals surface area contributed by atoms with Gasteiger partial charge in [-0.3, -0.25) is 9.68 Å². The summed E-state index contributed by atoms with van der Waals surface area (Å²) in [7, 11) is 4.48. The zero-order chi connectivity index (χ0) is 7.11. The van der Waals surface area contributed by atoms with Crippen molar-refractivity contribution in [3.05, 3.63) is 0 Å². The molecule has 0 aliphatic heterocycles. The van der Waals surface area contributed by atoms with Gasteiger partial charge in [0.05, 0.1) is 20.8 Å². The quantitative estimate of drug-likeness (QED) is 0.392. The van der Waals surface area contributed by atoms with Crippen LogP contribution in [0.4, 0.5) is 0 Å². The van der Waals surface area contributed by atoms with E-state index < -0.39 is 0 Å². The van der Waals surface area contributed by atoms with Crippen molar-refractivity contribution in [3.63, 3.8) is 0 Å². The van der Waals surface area contributed by atoms with Gasteiger partial charge in [-0.1, -0.05) is 11.3 Å². The van der Waals surface area contributed by atoms with E-state index in [1.807, 2.05) is 0 Å². The van der Waals surface area contributed by atoms with Crippen LogP contribution < -0.4 is 0 Å². The first-order valence-corrected chi connectivity index (χ1v) is 4.62. The molecule has 0 atom stereocenters. The van der Waals surface area contributed by atoms with E-state index in [1.54, 1.807) is 14.2 Å². The standard InChI is InChI=1S/C5H15NO2Si/c1-7-6(8-2)4-3-5-9/h3-5H2,1-2,9H3. The summed E-state index contributed by atoms with van der Waals surface area (Å²) in [6, 6.07) is 1.29. The van der Waals surface area contributed by atoms with Crippen molar-refractivity contribution in [2.75, 3.05) is 20.8 Å². The number of hydroxylamine groups is 2. The van der Waals surface area contributed by atoms with Crippen LogP contribution in [-0.4, -0.2) is 36.2 Å². The lowest BCUT2D eigenvalue weighted by Gasteiger charge is -2.14. The topological polar surface area (TPSA) is 21.7 Å². The Hall–Kier alpha value is 0.0969. The lowest BCUT2D eigenvalue weighted by Crippen LogP contribution is -2.21. The molecule has 0 saturated carbocycles. The molecular formula is C5H15NO2Si. The molecule has 0 aliphatic carbocycles. The van der Waals surface area contributed by atoms with E-state index in [2.05, 4.69) is 0 Å². The monoisotopic (exact) mass is 149 g/mol. The second-order valence-electron chi connectivity index (χ2n) is 1.78. The molecule has 0 heterocycles. The first-order chi connectivity index (χ1) is 4.35. The molecule has 3 nitrogen and oxygen atoms in total. The largest absolute Gasteiger partial charge is 0.278 e. The maximum Gasteiger partial charge on any atom is 0.0601 e. The Morgan fingerprint density at radius 2 is 1.89 bits per heavy atom. The summed E-state index contributed by atoms with van der Waals surface area (Å²) in [6.45, 7) is 0.872. The fourth-order valence-electron chi connectivity index (χ4n) is 0.544. The van der Waals surface area contributed by atoms with Crippen LogP contribution in [0.5, 0.6) is 0 Å². The van der Waals surface area contributed by atoms with Gasteiger partial charge in [-0.05, 0) is 6.42 Å². The molecule has 0 N–H and O–H groups in total. The van der Waals surface area contributed by atoms with Gasteiger partial charge >= 0.3 is 0 Å². The molecule has 4 heteroatoms. The van der Waals surface area contributed by atoms with E-state index >= 15 is 0 Å². The molecule has 0 fully saturated rings. The minimum atomic E-state index is 0.872. The van der Waals surface area contributed by atoms with Crippen LogP contribution in [0.3, 0.4) is 0 Å². The van der Waals surface area contributed by atoms with Crippen molar-refractivity contribution in [1.29, 1.82) is 0 Å². The summed E-state index contributed by atoms with van der Waals surface area (Å²) in [5.74, 6) is 0. The Labute approximate surface area is 59.3 Å². The molecular weight excluding hydrogens is 134 g/mol. The highest BCUT2D eigenvalue weighted by atomic mass is 28.1. The lowest BCUT2D eigenvalue weighted by atomic mass is 10.5. The van der Waals surface area contributed by atoms with Crippen LogP contribution in [0.1, 0.15) is 6.42 Å². The van der Waals surface area contributed by atoms with Gasteiger partial charge < -0.3 is 0 Å². The Balaban J connectivity index is 3.09. The number of hydrogen-bond acceptors (Lipinski definition) is 3. The first kappa shape index (κ1) is 9.10. The van der Waals surface area contributed by atoms with Gasteiger partial charge in [0.15, 0.2) is 0 Å². The smallest absolute Gasteiger partial charge is 0.0601 e. The molecule has 0 aromatic heterocycles. The summed E-state index contributed by atoms with van der Waals surface area (Å²) in [6.07, 6.45) is 1.16. The van der Waals surface area contributed by atoms with E-state index in [0.29, 0.717) is 0 Å². The zero-order valence-electron chi connectivity index (χ0n) is 6.39. The summed E-state index contributed by atoms with van der Waals surface area (Å²) < 4.78 is 0. The van der Waals surface area contributed by atoms with Gasteiger partial charge in [0.2, 0.25) is 0 Å². The lowest BCUT2D eigenvalue weighted by molar-refractivity contribution is -0.342. The average Bonchev–Trinajstić information content (AvgIpc) is 1.91. The average molecular weight is 149 g/mol. The summed E-state index contributed by atoms with van der Waals surface area (Å²) in [4.78, 5) is 9.66. The summed E-state index contributed by atoms with van der Waals surface area (Å²) in [5, 5.41) is 1.48. The van der Waals surface area contributed by atoms with Crippen molar-refractivity contribution >= 4 is 10.2 Å². The van der Waals surface area contributed by atoms with E-state index in [-0.39, 0.29) is 0 Å². The molecule has 0 aromatic rings. The third kappa shape index (κ3) is 4.59. The molecule has 0 bridgehead atoms. The van der Waals surface area contributed by atoms with E-state index in [0.717, 1.165) is 13.0 Å². The summed E-state index contributed by atoms with van der Waals surface area (Å²) >= 11 is 0. The predicted molar refractivity (Wildman–Crippen MR) is 40.1 cm³/mol. The maximum atomic E-state index is 4.83. The van der Waals surface area contributed by atoms with E-state index in [9.17, 15) is 0 Å². The highest BCUT2D eigenvalue weighted by Crippen LogP contribution is 1.92. The molecule has 56 valence electrons. The van der Waals surface area contributed by atoms with Gasteiger partial charge in [0.25, 0.3) is 0 Å². The fourth-order valence-corrected chi connectivity index (χ4v) is 0.861. The van der Waals surface area contributed by atoms with Crippen molar-refractivity contribution < 1.29 is 9.68 Å². The number of rotatable bonds is 5. The molecule has 0 unspecified atom stereocenters. The highest BCUT2D eigenvalue weighted by molar-refractivity contribution is 6.08. The third-order valence-electron chi connectivity index (χ3n) is 1.10. The van der Waals surface area contributed by atoms with Gasteiger partial charge in [-0.25, -0.2) is 0 Å². The van der Waals surface area contributed by atoms with Crippen LogP contribution in [0.15, 0.2) is 0 Å².